The van der Waals surface area contributed by atoms with E-state index in [2.05, 4.69) is 20.0 Å². The molecule has 0 aliphatic carbocycles. The van der Waals surface area contributed by atoms with Gasteiger partial charge < -0.3 is 19.1 Å². The molecule has 0 N–H and O–H groups in total. The largest absolute Gasteiger partial charge is 0.378 e. The smallest absolute Gasteiger partial charge is 0.205 e. The first-order valence-corrected chi connectivity index (χ1v) is 10.1. The normalized spacial score (nSPS) is 16.4. The Bertz CT molecular complexity index is 1060. The molecule has 2 aromatic heterocycles. The van der Waals surface area contributed by atoms with Crippen LogP contribution < -0.4 is 9.80 Å². The lowest BCUT2D eigenvalue weighted by Crippen LogP contribution is -2.40. The molecule has 5 rings (SSSR count). The first-order chi connectivity index (χ1) is 14.7. The molecule has 4 heterocycles. The molecule has 0 radical (unpaired) electrons. The number of hydrogen-bond acceptors (Lipinski definition) is 8. The zero-order valence-corrected chi connectivity index (χ0v) is 16.9. The lowest BCUT2D eigenvalue weighted by atomic mass is 10.0. The average molecular weight is 405 g/mol. The molecule has 1 fully saturated rings. The lowest BCUT2D eigenvalue weighted by molar-refractivity contribution is 0.122. The molecular formula is C21H23N7O2. The Labute approximate surface area is 174 Å². The van der Waals surface area contributed by atoms with Gasteiger partial charge in [-0.2, -0.15) is 0 Å². The number of fused-ring (bicyclic) bond motifs is 1. The summed E-state index contributed by atoms with van der Waals surface area (Å²) in [5, 5.41) is 2.98. The van der Waals surface area contributed by atoms with Crippen LogP contribution >= 0.6 is 0 Å². The highest BCUT2D eigenvalue weighted by Crippen LogP contribution is 2.31. The second kappa shape index (κ2) is 7.83. The van der Waals surface area contributed by atoms with Crippen molar-refractivity contribution < 1.29 is 4.74 Å². The number of benzene rings is 1. The van der Waals surface area contributed by atoms with Crippen LogP contribution in [0.4, 0.5) is 17.5 Å². The number of nitroso groups, excluding NO2 is 1. The molecule has 0 spiro atoms. The summed E-state index contributed by atoms with van der Waals surface area (Å²) in [7, 11) is 2.01. The number of hydrogen-bond donors (Lipinski definition) is 0. The predicted octanol–water partition coefficient (Wildman–Crippen LogP) is 2.67. The quantitative estimate of drug-likeness (QED) is 0.617. The predicted molar refractivity (Wildman–Crippen MR) is 114 cm³/mol. The van der Waals surface area contributed by atoms with Crippen LogP contribution in [0, 0.1) is 4.91 Å². The second-order valence-corrected chi connectivity index (χ2v) is 7.54. The molecule has 9 nitrogen and oxygen atoms in total. The number of ether oxygens (including phenoxy) is 1. The van der Waals surface area contributed by atoms with Crippen LogP contribution in [0.2, 0.25) is 0 Å². The van der Waals surface area contributed by atoms with Crippen molar-refractivity contribution in [3.63, 3.8) is 0 Å². The number of anilines is 2. The Kier molecular flexibility index (Phi) is 4.88. The van der Waals surface area contributed by atoms with Gasteiger partial charge in [0.15, 0.2) is 5.82 Å². The fourth-order valence-electron chi connectivity index (χ4n) is 4.08. The number of morpholine rings is 1. The van der Waals surface area contributed by atoms with E-state index < -0.39 is 0 Å². The van der Waals surface area contributed by atoms with Gasteiger partial charge in [-0.15, -0.1) is 4.91 Å². The molecule has 0 saturated carbocycles. The van der Waals surface area contributed by atoms with Crippen molar-refractivity contribution in [2.24, 2.45) is 12.2 Å². The molecule has 154 valence electrons. The molecule has 2 aliphatic rings. The minimum atomic E-state index is 0.395. The van der Waals surface area contributed by atoms with Gasteiger partial charge in [-0.1, -0.05) is 0 Å². The highest BCUT2D eigenvalue weighted by molar-refractivity contribution is 5.63. The van der Waals surface area contributed by atoms with Crippen LogP contribution in [0.5, 0.6) is 0 Å². The van der Waals surface area contributed by atoms with Crippen molar-refractivity contribution in [3.8, 4) is 11.4 Å². The third kappa shape index (κ3) is 3.41. The molecule has 0 atom stereocenters. The van der Waals surface area contributed by atoms with Crippen molar-refractivity contribution >= 4 is 17.5 Å². The molecule has 0 amide bonds. The van der Waals surface area contributed by atoms with Gasteiger partial charge in [0.1, 0.15) is 11.5 Å². The maximum absolute atomic E-state index is 10.8. The van der Waals surface area contributed by atoms with Gasteiger partial charge in [0.2, 0.25) is 5.95 Å². The number of nitrogens with zero attached hydrogens (tertiary/aromatic N) is 7. The van der Waals surface area contributed by atoms with E-state index >= 15 is 0 Å². The van der Waals surface area contributed by atoms with Gasteiger partial charge in [0, 0.05) is 50.2 Å². The summed E-state index contributed by atoms with van der Waals surface area (Å²) in [6.07, 6.45) is 4.64. The van der Waals surface area contributed by atoms with E-state index in [0.29, 0.717) is 31.3 Å². The van der Waals surface area contributed by atoms with Crippen LogP contribution in [0.3, 0.4) is 0 Å². The van der Waals surface area contributed by atoms with Crippen molar-refractivity contribution in [3.05, 3.63) is 52.8 Å². The molecule has 0 unspecified atom stereocenters. The zero-order chi connectivity index (χ0) is 20.5. The third-order valence-corrected chi connectivity index (χ3v) is 5.66. The molecule has 0 bridgehead atoms. The average Bonchev–Trinajstić information content (AvgIpc) is 3.24. The summed E-state index contributed by atoms with van der Waals surface area (Å²) in [5.41, 5.74) is 3.49. The Morgan fingerprint density at radius 2 is 1.83 bits per heavy atom. The van der Waals surface area contributed by atoms with E-state index in [1.165, 1.54) is 5.56 Å². The van der Waals surface area contributed by atoms with Crippen molar-refractivity contribution in [2.75, 3.05) is 42.6 Å². The van der Waals surface area contributed by atoms with Crippen molar-refractivity contribution in [1.29, 1.82) is 0 Å². The highest BCUT2D eigenvalue weighted by Gasteiger charge is 2.27. The Morgan fingerprint density at radius 1 is 1.03 bits per heavy atom. The highest BCUT2D eigenvalue weighted by atomic mass is 16.5. The van der Waals surface area contributed by atoms with E-state index in [9.17, 15) is 4.91 Å². The summed E-state index contributed by atoms with van der Waals surface area (Å²) < 4.78 is 7.57. The maximum atomic E-state index is 10.8. The summed E-state index contributed by atoms with van der Waals surface area (Å²) in [6, 6.07) is 7.08. The lowest BCUT2D eigenvalue weighted by Gasteiger charge is -2.34. The standard InChI is InChI=1S/C21H23N7O2/c1-26-9-7-22-21(26)28-8-6-17-18(14-28)23-19(15-2-4-16(25-29)5-3-15)24-20(17)27-10-12-30-13-11-27/h2-5,7,9H,6,8,10-14H2,1H3. The fraction of sp³-hybridized carbons (Fsp3) is 0.381. The molecule has 3 aromatic rings. The maximum Gasteiger partial charge on any atom is 0.205 e. The van der Waals surface area contributed by atoms with Gasteiger partial charge in [0.05, 0.1) is 25.5 Å². The topological polar surface area (TPSA) is 88.7 Å². The molecule has 9 heteroatoms. The van der Waals surface area contributed by atoms with Crippen LogP contribution in [0.15, 0.2) is 41.8 Å². The SMILES string of the molecule is Cn1ccnc1N1CCc2c(nc(-c3ccc(N=O)cc3)nc2N2CCOCC2)C1. The van der Waals surface area contributed by atoms with E-state index in [0.717, 1.165) is 49.1 Å². The summed E-state index contributed by atoms with van der Waals surface area (Å²) >= 11 is 0. The van der Waals surface area contributed by atoms with Crippen LogP contribution in [-0.2, 0) is 24.8 Å². The summed E-state index contributed by atoms with van der Waals surface area (Å²) in [4.78, 5) is 29.7. The van der Waals surface area contributed by atoms with E-state index in [4.69, 9.17) is 14.7 Å². The van der Waals surface area contributed by atoms with E-state index in [1.54, 1.807) is 12.1 Å². The summed E-state index contributed by atoms with van der Waals surface area (Å²) in [6.45, 7) is 4.60. The molecule has 2 aliphatic heterocycles. The number of aryl methyl sites for hydroxylation is 1. The Morgan fingerprint density at radius 3 is 2.53 bits per heavy atom. The van der Waals surface area contributed by atoms with E-state index in [-0.39, 0.29) is 0 Å². The first kappa shape index (κ1) is 18.7. The Hall–Kier alpha value is -3.33. The number of rotatable bonds is 4. The molecule has 1 saturated heterocycles. The van der Waals surface area contributed by atoms with Crippen LogP contribution in [-0.4, -0.2) is 52.4 Å². The van der Waals surface area contributed by atoms with Gasteiger partial charge >= 0.3 is 0 Å². The van der Waals surface area contributed by atoms with Gasteiger partial charge in [-0.3, -0.25) is 0 Å². The minimum absolute atomic E-state index is 0.395. The number of aromatic nitrogens is 4. The third-order valence-electron chi connectivity index (χ3n) is 5.66. The van der Waals surface area contributed by atoms with Crippen LogP contribution in [0.25, 0.3) is 11.4 Å². The zero-order valence-electron chi connectivity index (χ0n) is 16.9. The first-order valence-electron chi connectivity index (χ1n) is 10.1. The molecular weight excluding hydrogens is 382 g/mol. The minimum Gasteiger partial charge on any atom is -0.378 e. The van der Waals surface area contributed by atoms with Gasteiger partial charge in [-0.05, 0) is 35.9 Å². The monoisotopic (exact) mass is 405 g/mol. The van der Waals surface area contributed by atoms with Gasteiger partial charge in [-0.25, -0.2) is 15.0 Å². The van der Waals surface area contributed by atoms with Crippen LogP contribution in [0.1, 0.15) is 11.3 Å². The van der Waals surface area contributed by atoms with E-state index in [1.807, 2.05) is 36.1 Å². The molecule has 1 aromatic carbocycles. The fourth-order valence-corrected chi connectivity index (χ4v) is 4.08. The second-order valence-electron chi connectivity index (χ2n) is 7.54. The van der Waals surface area contributed by atoms with Crippen molar-refractivity contribution in [1.82, 2.24) is 19.5 Å². The number of imidazole rings is 1. The Balaban J connectivity index is 1.57. The van der Waals surface area contributed by atoms with Gasteiger partial charge in [0.25, 0.3) is 0 Å². The summed E-state index contributed by atoms with van der Waals surface area (Å²) in [5.74, 6) is 2.60. The van der Waals surface area contributed by atoms with Crippen molar-refractivity contribution in [2.45, 2.75) is 13.0 Å². The molecule has 30 heavy (non-hydrogen) atoms.